The van der Waals surface area contributed by atoms with Crippen LogP contribution >= 0.6 is 0 Å². The van der Waals surface area contributed by atoms with Crippen LogP contribution in [-0.2, 0) is 6.54 Å². The highest BCUT2D eigenvalue weighted by molar-refractivity contribution is 5.45. The molecule has 0 saturated heterocycles. The van der Waals surface area contributed by atoms with Crippen molar-refractivity contribution in [3.63, 3.8) is 0 Å². The van der Waals surface area contributed by atoms with Gasteiger partial charge in [0.05, 0.1) is 7.11 Å². The molecule has 2 heterocycles. The molecule has 0 unspecified atom stereocenters. The van der Waals surface area contributed by atoms with E-state index in [1.54, 1.807) is 18.5 Å². The Morgan fingerprint density at radius 2 is 1.61 bits per heavy atom. The number of benzene rings is 1. The van der Waals surface area contributed by atoms with Gasteiger partial charge in [-0.15, -0.1) is 0 Å². The van der Waals surface area contributed by atoms with Crippen molar-refractivity contribution in [2.75, 3.05) is 17.7 Å². The van der Waals surface area contributed by atoms with Crippen molar-refractivity contribution in [1.82, 2.24) is 24.9 Å². The number of rotatable bonds is 6. The summed E-state index contributed by atoms with van der Waals surface area (Å²) >= 11 is 0. The molecule has 0 amide bonds. The van der Waals surface area contributed by atoms with Crippen LogP contribution < -0.4 is 15.4 Å². The summed E-state index contributed by atoms with van der Waals surface area (Å²) in [5, 5.41) is 6.05. The SMILES string of the molecule is COc1nc(NCc2ccccc2)nc(Nc2ncccn2)n1. The molecule has 8 heteroatoms. The average Bonchev–Trinajstić information content (AvgIpc) is 2.61. The second kappa shape index (κ2) is 7.12. The lowest BCUT2D eigenvalue weighted by Crippen LogP contribution is -2.09. The van der Waals surface area contributed by atoms with Gasteiger partial charge in [-0.05, 0) is 11.6 Å². The van der Waals surface area contributed by atoms with Gasteiger partial charge in [-0.2, -0.15) is 15.0 Å². The predicted molar refractivity (Wildman–Crippen MR) is 85.5 cm³/mol. The van der Waals surface area contributed by atoms with E-state index >= 15 is 0 Å². The molecule has 3 rings (SSSR count). The van der Waals surface area contributed by atoms with Gasteiger partial charge in [-0.1, -0.05) is 30.3 Å². The highest BCUT2D eigenvalue weighted by Crippen LogP contribution is 2.14. The largest absolute Gasteiger partial charge is 0.467 e. The number of anilines is 3. The standard InChI is InChI=1S/C15H15N7O/c1-23-15-21-13(18-10-11-6-3-2-4-7-11)20-14(22-15)19-12-16-8-5-9-17-12/h2-9H,10H2,1H3,(H2,16,17,18,19,20,21,22). The van der Waals surface area contributed by atoms with Crippen molar-refractivity contribution in [3.05, 3.63) is 54.4 Å². The highest BCUT2D eigenvalue weighted by Gasteiger charge is 2.08. The Labute approximate surface area is 133 Å². The normalized spacial score (nSPS) is 10.1. The maximum atomic E-state index is 5.10. The quantitative estimate of drug-likeness (QED) is 0.713. The summed E-state index contributed by atoms with van der Waals surface area (Å²) in [4.78, 5) is 20.7. The fourth-order valence-electron chi connectivity index (χ4n) is 1.82. The van der Waals surface area contributed by atoms with E-state index in [2.05, 4.69) is 35.6 Å². The molecule has 0 radical (unpaired) electrons. The van der Waals surface area contributed by atoms with E-state index in [0.717, 1.165) is 5.56 Å². The first-order valence-corrected chi connectivity index (χ1v) is 6.95. The molecule has 23 heavy (non-hydrogen) atoms. The molecule has 0 bridgehead atoms. The predicted octanol–water partition coefficient (Wildman–Crippen LogP) is 2.03. The van der Waals surface area contributed by atoms with Crippen molar-refractivity contribution in [3.8, 4) is 6.01 Å². The van der Waals surface area contributed by atoms with Crippen LogP contribution in [0.5, 0.6) is 6.01 Å². The van der Waals surface area contributed by atoms with Gasteiger partial charge in [0.15, 0.2) is 0 Å². The van der Waals surface area contributed by atoms with Crippen LogP contribution in [0.15, 0.2) is 48.8 Å². The fourth-order valence-corrected chi connectivity index (χ4v) is 1.82. The monoisotopic (exact) mass is 309 g/mol. The van der Waals surface area contributed by atoms with Crippen molar-refractivity contribution in [1.29, 1.82) is 0 Å². The van der Waals surface area contributed by atoms with E-state index in [1.807, 2.05) is 30.3 Å². The zero-order chi connectivity index (χ0) is 15.9. The van der Waals surface area contributed by atoms with Crippen molar-refractivity contribution in [2.24, 2.45) is 0 Å². The Morgan fingerprint density at radius 3 is 2.35 bits per heavy atom. The first-order valence-electron chi connectivity index (χ1n) is 6.95. The van der Waals surface area contributed by atoms with E-state index in [0.29, 0.717) is 24.4 Å². The van der Waals surface area contributed by atoms with Crippen molar-refractivity contribution in [2.45, 2.75) is 6.54 Å². The summed E-state index contributed by atoms with van der Waals surface area (Å²) in [7, 11) is 1.50. The topological polar surface area (TPSA) is 97.7 Å². The lowest BCUT2D eigenvalue weighted by atomic mass is 10.2. The molecule has 2 N–H and O–H groups in total. The Hall–Kier alpha value is -3.29. The zero-order valence-corrected chi connectivity index (χ0v) is 12.5. The van der Waals surface area contributed by atoms with Crippen LogP contribution in [0.2, 0.25) is 0 Å². The van der Waals surface area contributed by atoms with Crippen molar-refractivity contribution >= 4 is 17.8 Å². The Morgan fingerprint density at radius 1 is 0.870 bits per heavy atom. The van der Waals surface area contributed by atoms with E-state index in [-0.39, 0.29) is 6.01 Å². The minimum atomic E-state index is 0.203. The summed E-state index contributed by atoms with van der Waals surface area (Å²) in [6, 6.07) is 11.9. The second-order valence-corrected chi connectivity index (χ2v) is 4.51. The molecule has 0 fully saturated rings. The van der Waals surface area contributed by atoms with Crippen LogP contribution in [0.1, 0.15) is 5.56 Å². The second-order valence-electron chi connectivity index (χ2n) is 4.51. The maximum absolute atomic E-state index is 5.10. The molecule has 0 aliphatic rings. The third kappa shape index (κ3) is 4.10. The molecule has 3 aromatic rings. The molecular formula is C15H15N7O. The molecule has 0 aliphatic heterocycles. The van der Waals surface area contributed by atoms with Crippen LogP contribution in [0.25, 0.3) is 0 Å². The average molecular weight is 309 g/mol. The van der Waals surface area contributed by atoms with Gasteiger partial charge in [0, 0.05) is 18.9 Å². The minimum Gasteiger partial charge on any atom is -0.467 e. The van der Waals surface area contributed by atoms with Crippen LogP contribution in [0, 0.1) is 0 Å². The lowest BCUT2D eigenvalue weighted by Gasteiger charge is -2.08. The van der Waals surface area contributed by atoms with Gasteiger partial charge in [0.25, 0.3) is 0 Å². The fraction of sp³-hybridized carbons (Fsp3) is 0.133. The van der Waals surface area contributed by atoms with Gasteiger partial charge in [-0.3, -0.25) is 5.32 Å². The Balaban J connectivity index is 1.76. The Kier molecular flexibility index (Phi) is 4.53. The third-order valence-corrected chi connectivity index (χ3v) is 2.88. The van der Waals surface area contributed by atoms with Crippen molar-refractivity contribution < 1.29 is 4.74 Å². The number of ether oxygens (including phenoxy) is 1. The first kappa shape index (κ1) is 14.6. The van der Waals surface area contributed by atoms with E-state index in [9.17, 15) is 0 Å². The van der Waals surface area contributed by atoms with Crippen LogP contribution in [0.3, 0.4) is 0 Å². The summed E-state index contributed by atoms with van der Waals surface area (Å²) in [6.07, 6.45) is 3.25. The zero-order valence-electron chi connectivity index (χ0n) is 12.5. The lowest BCUT2D eigenvalue weighted by molar-refractivity contribution is 0.379. The van der Waals surface area contributed by atoms with E-state index in [4.69, 9.17) is 4.74 Å². The van der Waals surface area contributed by atoms with E-state index < -0.39 is 0 Å². The molecule has 0 aliphatic carbocycles. The molecule has 0 atom stereocenters. The third-order valence-electron chi connectivity index (χ3n) is 2.88. The smallest absolute Gasteiger partial charge is 0.322 e. The highest BCUT2D eigenvalue weighted by atomic mass is 16.5. The number of aromatic nitrogens is 5. The molecular weight excluding hydrogens is 294 g/mol. The van der Waals surface area contributed by atoms with Gasteiger partial charge in [0.1, 0.15) is 0 Å². The van der Waals surface area contributed by atoms with E-state index in [1.165, 1.54) is 7.11 Å². The van der Waals surface area contributed by atoms with Gasteiger partial charge in [0.2, 0.25) is 17.8 Å². The summed E-state index contributed by atoms with van der Waals surface area (Å²) in [6.45, 7) is 0.593. The summed E-state index contributed by atoms with van der Waals surface area (Å²) < 4.78 is 5.10. The molecule has 0 spiro atoms. The van der Waals surface area contributed by atoms with Crippen LogP contribution in [0.4, 0.5) is 17.8 Å². The number of nitrogens with one attached hydrogen (secondary N) is 2. The first-order chi connectivity index (χ1) is 11.3. The molecule has 0 saturated carbocycles. The van der Waals surface area contributed by atoms with Gasteiger partial charge >= 0.3 is 6.01 Å². The maximum Gasteiger partial charge on any atom is 0.322 e. The number of methoxy groups -OCH3 is 1. The summed E-state index contributed by atoms with van der Waals surface area (Å²) in [5.74, 6) is 1.10. The minimum absolute atomic E-state index is 0.203. The van der Waals surface area contributed by atoms with Crippen LogP contribution in [-0.4, -0.2) is 32.0 Å². The number of hydrogen-bond donors (Lipinski definition) is 2. The summed E-state index contributed by atoms with van der Waals surface area (Å²) in [5.41, 5.74) is 1.12. The molecule has 8 nitrogen and oxygen atoms in total. The molecule has 1 aromatic carbocycles. The number of nitrogens with zero attached hydrogens (tertiary/aromatic N) is 5. The molecule has 2 aromatic heterocycles. The van der Waals surface area contributed by atoms with Gasteiger partial charge in [-0.25, -0.2) is 9.97 Å². The number of hydrogen-bond acceptors (Lipinski definition) is 8. The Bertz CT molecular complexity index is 752. The van der Waals surface area contributed by atoms with Gasteiger partial charge < -0.3 is 10.1 Å². The molecule has 116 valence electrons.